The standard InChI is InChI=1S/C12H27NO/c1-11(2,3)10-12(4,5)13-8-7-9-14-6/h13H,7-10H2,1-6H3. The number of hydrogen-bond acceptors (Lipinski definition) is 2. The minimum atomic E-state index is 0.228. The number of rotatable bonds is 6. The van der Waals surface area contributed by atoms with Gasteiger partial charge < -0.3 is 10.1 Å². The van der Waals surface area contributed by atoms with Gasteiger partial charge >= 0.3 is 0 Å². The molecule has 0 radical (unpaired) electrons. The Balaban J connectivity index is 3.72. The highest BCUT2D eigenvalue weighted by atomic mass is 16.5. The van der Waals surface area contributed by atoms with Gasteiger partial charge in [-0.1, -0.05) is 20.8 Å². The van der Waals surface area contributed by atoms with Crippen molar-refractivity contribution in [1.82, 2.24) is 5.32 Å². The van der Waals surface area contributed by atoms with E-state index in [9.17, 15) is 0 Å². The fraction of sp³-hybridized carbons (Fsp3) is 1.00. The van der Waals surface area contributed by atoms with E-state index in [1.807, 2.05) is 0 Å². The molecule has 0 unspecified atom stereocenters. The molecule has 0 atom stereocenters. The Hall–Kier alpha value is -0.0800. The average molecular weight is 201 g/mol. The molecule has 0 fully saturated rings. The molecule has 2 nitrogen and oxygen atoms in total. The van der Waals surface area contributed by atoms with Gasteiger partial charge in [0.2, 0.25) is 0 Å². The third-order valence-corrected chi connectivity index (χ3v) is 2.10. The van der Waals surface area contributed by atoms with Crippen molar-refractivity contribution in [3.8, 4) is 0 Å². The van der Waals surface area contributed by atoms with Crippen LogP contribution >= 0.6 is 0 Å². The van der Waals surface area contributed by atoms with Crippen LogP contribution in [0.25, 0.3) is 0 Å². The topological polar surface area (TPSA) is 21.3 Å². The summed E-state index contributed by atoms with van der Waals surface area (Å²) >= 11 is 0. The minimum absolute atomic E-state index is 0.228. The first-order valence-electron chi connectivity index (χ1n) is 5.51. The maximum absolute atomic E-state index is 5.02. The van der Waals surface area contributed by atoms with Crippen molar-refractivity contribution >= 4 is 0 Å². The fourth-order valence-electron chi connectivity index (χ4n) is 2.03. The number of ether oxygens (including phenoxy) is 1. The predicted molar refractivity (Wildman–Crippen MR) is 62.6 cm³/mol. The van der Waals surface area contributed by atoms with Crippen molar-refractivity contribution in [3.05, 3.63) is 0 Å². The smallest absolute Gasteiger partial charge is 0.0474 e. The molecule has 14 heavy (non-hydrogen) atoms. The van der Waals surface area contributed by atoms with Crippen molar-refractivity contribution < 1.29 is 4.74 Å². The van der Waals surface area contributed by atoms with Crippen LogP contribution in [-0.4, -0.2) is 25.8 Å². The van der Waals surface area contributed by atoms with Crippen LogP contribution in [0.5, 0.6) is 0 Å². The van der Waals surface area contributed by atoms with E-state index in [1.165, 1.54) is 6.42 Å². The Morgan fingerprint density at radius 3 is 2.07 bits per heavy atom. The third-order valence-electron chi connectivity index (χ3n) is 2.10. The zero-order valence-corrected chi connectivity index (χ0v) is 10.7. The van der Waals surface area contributed by atoms with E-state index in [1.54, 1.807) is 7.11 Å². The molecular formula is C12H27NO. The molecule has 0 bridgehead atoms. The van der Waals surface area contributed by atoms with Gasteiger partial charge in [0, 0.05) is 19.3 Å². The lowest BCUT2D eigenvalue weighted by molar-refractivity contribution is 0.184. The van der Waals surface area contributed by atoms with Crippen LogP contribution in [0.2, 0.25) is 0 Å². The van der Waals surface area contributed by atoms with Crippen LogP contribution < -0.4 is 5.32 Å². The van der Waals surface area contributed by atoms with Crippen LogP contribution in [0, 0.1) is 5.41 Å². The Morgan fingerprint density at radius 1 is 1.07 bits per heavy atom. The van der Waals surface area contributed by atoms with Gasteiger partial charge in [-0.2, -0.15) is 0 Å². The van der Waals surface area contributed by atoms with Crippen molar-refractivity contribution in [1.29, 1.82) is 0 Å². The lowest BCUT2D eigenvalue weighted by atomic mass is 9.82. The quantitative estimate of drug-likeness (QED) is 0.667. The zero-order valence-electron chi connectivity index (χ0n) is 10.7. The van der Waals surface area contributed by atoms with E-state index in [4.69, 9.17) is 4.74 Å². The second-order valence-electron chi connectivity index (χ2n) is 5.89. The molecule has 0 aromatic rings. The van der Waals surface area contributed by atoms with Gasteiger partial charge in [-0.05, 0) is 38.6 Å². The van der Waals surface area contributed by atoms with Gasteiger partial charge in [-0.15, -0.1) is 0 Å². The Morgan fingerprint density at radius 2 is 1.64 bits per heavy atom. The molecule has 0 aromatic heterocycles. The van der Waals surface area contributed by atoms with Gasteiger partial charge in [0.1, 0.15) is 0 Å². The Bertz CT molecular complexity index is 147. The first kappa shape index (κ1) is 13.9. The van der Waals surface area contributed by atoms with Crippen LogP contribution in [0.3, 0.4) is 0 Å². The van der Waals surface area contributed by atoms with Crippen LogP contribution in [0.4, 0.5) is 0 Å². The van der Waals surface area contributed by atoms with Gasteiger partial charge in [-0.3, -0.25) is 0 Å². The van der Waals surface area contributed by atoms with Gasteiger partial charge in [0.05, 0.1) is 0 Å². The molecule has 0 saturated heterocycles. The Kier molecular flexibility index (Phi) is 5.68. The highest BCUT2D eigenvalue weighted by Crippen LogP contribution is 2.26. The molecule has 2 heteroatoms. The van der Waals surface area contributed by atoms with Crippen molar-refractivity contribution in [3.63, 3.8) is 0 Å². The minimum Gasteiger partial charge on any atom is -0.385 e. The van der Waals surface area contributed by atoms with Crippen molar-refractivity contribution in [2.75, 3.05) is 20.3 Å². The van der Waals surface area contributed by atoms with Gasteiger partial charge in [0.15, 0.2) is 0 Å². The molecule has 0 amide bonds. The summed E-state index contributed by atoms with van der Waals surface area (Å²) in [6.07, 6.45) is 2.27. The summed E-state index contributed by atoms with van der Waals surface area (Å²) in [5.41, 5.74) is 0.615. The first-order chi connectivity index (χ1) is 6.27. The molecule has 0 spiro atoms. The molecule has 0 rings (SSSR count). The summed E-state index contributed by atoms with van der Waals surface area (Å²) in [5, 5.41) is 3.57. The van der Waals surface area contributed by atoms with E-state index in [2.05, 4.69) is 39.9 Å². The highest BCUT2D eigenvalue weighted by molar-refractivity contribution is 4.82. The number of hydrogen-bond donors (Lipinski definition) is 1. The highest BCUT2D eigenvalue weighted by Gasteiger charge is 2.24. The van der Waals surface area contributed by atoms with Crippen LogP contribution in [-0.2, 0) is 4.74 Å². The molecule has 0 aromatic carbocycles. The average Bonchev–Trinajstić information content (AvgIpc) is 1.93. The van der Waals surface area contributed by atoms with Crippen molar-refractivity contribution in [2.24, 2.45) is 5.41 Å². The maximum Gasteiger partial charge on any atom is 0.0474 e. The SMILES string of the molecule is COCCCNC(C)(C)CC(C)(C)C. The summed E-state index contributed by atoms with van der Waals surface area (Å²) in [5.74, 6) is 0. The second kappa shape index (κ2) is 5.72. The summed E-state index contributed by atoms with van der Waals surface area (Å²) in [6, 6.07) is 0. The van der Waals surface area contributed by atoms with Crippen LogP contribution in [0.15, 0.2) is 0 Å². The monoisotopic (exact) mass is 201 g/mol. The van der Waals surface area contributed by atoms with Gasteiger partial charge in [0.25, 0.3) is 0 Å². The van der Waals surface area contributed by atoms with E-state index >= 15 is 0 Å². The summed E-state index contributed by atoms with van der Waals surface area (Å²) < 4.78 is 5.02. The summed E-state index contributed by atoms with van der Waals surface area (Å²) in [6.45, 7) is 13.3. The molecule has 1 N–H and O–H groups in total. The molecule has 0 heterocycles. The molecular weight excluding hydrogens is 174 g/mol. The van der Waals surface area contributed by atoms with E-state index in [0.717, 1.165) is 19.6 Å². The predicted octanol–water partition coefficient (Wildman–Crippen LogP) is 2.83. The van der Waals surface area contributed by atoms with Crippen LogP contribution in [0.1, 0.15) is 47.5 Å². The number of nitrogens with one attached hydrogen (secondary N) is 1. The largest absolute Gasteiger partial charge is 0.385 e. The van der Waals surface area contributed by atoms with E-state index < -0.39 is 0 Å². The zero-order chi connectivity index (χ0) is 11.2. The second-order valence-corrected chi connectivity index (χ2v) is 5.89. The number of methoxy groups -OCH3 is 1. The van der Waals surface area contributed by atoms with E-state index in [0.29, 0.717) is 5.41 Å². The third kappa shape index (κ3) is 8.52. The Labute approximate surface area is 89.4 Å². The molecule has 0 saturated carbocycles. The lowest BCUT2D eigenvalue weighted by Gasteiger charge is -2.33. The molecule has 0 aliphatic heterocycles. The fourth-order valence-corrected chi connectivity index (χ4v) is 2.03. The maximum atomic E-state index is 5.02. The van der Waals surface area contributed by atoms with Crippen molar-refractivity contribution in [2.45, 2.75) is 53.0 Å². The molecule has 0 aliphatic rings. The summed E-state index contributed by atoms with van der Waals surface area (Å²) in [7, 11) is 1.75. The molecule has 0 aliphatic carbocycles. The lowest BCUT2D eigenvalue weighted by Crippen LogP contribution is -2.43. The first-order valence-corrected chi connectivity index (χ1v) is 5.51. The molecule has 86 valence electrons. The van der Waals surface area contributed by atoms with E-state index in [-0.39, 0.29) is 5.54 Å². The van der Waals surface area contributed by atoms with Gasteiger partial charge in [-0.25, -0.2) is 0 Å². The summed E-state index contributed by atoms with van der Waals surface area (Å²) in [4.78, 5) is 0. The normalized spacial score (nSPS) is 13.3.